The van der Waals surface area contributed by atoms with Crippen molar-refractivity contribution < 1.29 is 9.47 Å². The van der Waals surface area contributed by atoms with Gasteiger partial charge in [0.25, 0.3) is 5.56 Å². The summed E-state index contributed by atoms with van der Waals surface area (Å²) in [5.41, 5.74) is 2.34. The molecule has 8 nitrogen and oxygen atoms in total. The number of hydrogen-bond donors (Lipinski definition) is 2. The molecule has 30 heavy (non-hydrogen) atoms. The SMILES string of the molecule is COc1ccc(-c2nc(Nc3ccc(N4CCOCC4)cc3)[nH]c(=O)c2C#N)cc1. The van der Waals surface area contributed by atoms with E-state index in [1.165, 1.54) is 0 Å². The van der Waals surface area contributed by atoms with Gasteiger partial charge < -0.3 is 19.7 Å². The lowest BCUT2D eigenvalue weighted by molar-refractivity contribution is 0.122. The van der Waals surface area contributed by atoms with Crippen LogP contribution in [0.5, 0.6) is 5.75 Å². The van der Waals surface area contributed by atoms with Gasteiger partial charge in [-0.25, -0.2) is 4.98 Å². The van der Waals surface area contributed by atoms with Gasteiger partial charge in [0, 0.05) is 30.0 Å². The van der Waals surface area contributed by atoms with Crippen LogP contribution < -0.4 is 20.5 Å². The minimum Gasteiger partial charge on any atom is -0.497 e. The van der Waals surface area contributed by atoms with Gasteiger partial charge in [0.2, 0.25) is 5.95 Å². The van der Waals surface area contributed by atoms with Gasteiger partial charge in [0.15, 0.2) is 0 Å². The highest BCUT2D eigenvalue weighted by atomic mass is 16.5. The first-order valence-corrected chi connectivity index (χ1v) is 9.56. The van der Waals surface area contributed by atoms with E-state index in [1.54, 1.807) is 31.4 Å². The molecule has 2 aromatic carbocycles. The average molecular weight is 403 g/mol. The van der Waals surface area contributed by atoms with E-state index in [0.717, 1.165) is 37.7 Å². The van der Waals surface area contributed by atoms with Gasteiger partial charge in [-0.1, -0.05) is 0 Å². The molecular formula is C22H21N5O3. The van der Waals surface area contributed by atoms with E-state index in [2.05, 4.69) is 20.2 Å². The van der Waals surface area contributed by atoms with Crippen LogP contribution in [-0.4, -0.2) is 43.4 Å². The zero-order valence-electron chi connectivity index (χ0n) is 16.5. The van der Waals surface area contributed by atoms with E-state index < -0.39 is 5.56 Å². The molecule has 0 radical (unpaired) electrons. The maximum atomic E-state index is 12.4. The second-order valence-electron chi connectivity index (χ2n) is 6.75. The molecule has 1 aliphatic rings. The highest BCUT2D eigenvalue weighted by Gasteiger charge is 2.14. The number of anilines is 3. The molecule has 2 heterocycles. The number of morpholine rings is 1. The number of aromatic amines is 1. The van der Waals surface area contributed by atoms with E-state index in [-0.39, 0.29) is 11.5 Å². The number of ether oxygens (including phenoxy) is 2. The Hall–Kier alpha value is -3.83. The zero-order valence-corrected chi connectivity index (χ0v) is 16.5. The Morgan fingerprint density at radius 3 is 2.47 bits per heavy atom. The minimum atomic E-state index is -0.495. The van der Waals surface area contributed by atoms with Crippen LogP contribution in [0.25, 0.3) is 11.3 Å². The summed E-state index contributed by atoms with van der Waals surface area (Å²) in [6.45, 7) is 3.18. The van der Waals surface area contributed by atoms with Crippen molar-refractivity contribution in [2.24, 2.45) is 0 Å². The number of nitrogens with one attached hydrogen (secondary N) is 2. The Balaban J connectivity index is 1.60. The lowest BCUT2D eigenvalue weighted by Crippen LogP contribution is -2.36. The molecule has 0 saturated carbocycles. The fraction of sp³-hybridized carbons (Fsp3) is 0.227. The number of H-pyrrole nitrogens is 1. The fourth-order valence-electron chi connectivity index (χ4n) is 3.31. The highest BCUT2D eigenvalue weighted by Crippen LogP contribution is 2.25. The summed E-state index contributed by atoms with van der Waals surface area (Å²) >= 11 is 0. The van der Waals surface area contributed by atoms with Crippen molar-refractivity contribution >= 4 is 17.3 Å². The normalized spacial score (nSPS) is 13.5. The number of aromatic nitrogens is 2. The minimum absolute atomic E-state index is 0.0339. The molecule has 1 saturated heterocycles. The molecule has 0 bridgehead atoms. The van der Waals surface area contributed by atoms with Crippen molar-refractivity contribution in [3.63, 3.8) is 0 Å². The number of nitrogens with zero attached hydrogens (tertiary/aromatic N) is 3. The predicted molar refractivity (Wildman–Crippen MR) is 114 cm³/mol. The molecule has 1 fully saturated rings. The first-order valence-electron chi connectivity index (χ1n) is 9.56. The first-order chi connectivity index (χ1) is 14.7. The van der Waals surface area contributed by atoms with Gasteiger partial charge in [-0.05, 0) is 48.5 Å². The van der Waals surface area contributed by atoms with Gasteiger partial charge in [0.1, 0.15) is 17.4 Å². The molecule has 2 N–H and O–H groups in total. The third-order valence-electron chi connectivity index (χ3n) is 4.90. The van der Waals surface area contributed by atoms with Crippen LogP contribution in [0.3, 0.4) is 0 Å². The monoisotopic (exact) mass is 403 g/mol. The van der Waals surface area contributed by atoms with Crippen LogP contribution in [-0.2, 0) is 4.74 Å². The Kier molecular flexibility index (Phi) is 5.63. The summed E-state index contributed by atoms with van der Waals surface area (Å²) in [7, 11) is 1.58. The third kappa shape index (κ3) is 4.11. The molecule has 8 heteroatoms. The summed E-state index contributed by atoms with van der Waals surface area (Å²) in [6, 6.07) is 16.9. The largest absolute Gasteiger partial charge is 0.497 e. The van der Waals surface area contributed by atoms with Gasteiger partial charge in [-0.15, -0.1) is 0 Å². The molecule has 0 unspecified atom stereocenters. The molecule has 0 atom stereocenters. The van der Waals surface area contributed by atoms with Crippen LogP contribution in [0.15, 0.2) is 53.3 Å². The summed E-state index contributed by atoms with van der Waals surface area (Å²) in [5.74, 6) is 0.949. The molecule has 4 rings (SSSR count). The van der Waals surface area contributed by atoms with Crippen LogP contribution in [0.2, 0.25) is 0 Å². The van der Waals surface area contributed by atoms with Crippen LogP contribution in [0, 0.1) is 11.3 Å². The molecule has 0 amide bonds. The van der Waals surface area contributed by atoms with Crippen LogP contribution >= 0.6 is 0 Å². The molecule has 152 valence electrons. The van der Waals surface area contributed by atoms with Crippen LogP contribution in [0.1, 0.15) is 5.56 Å². The molecule has 0 spiro atoms. The van der Waals surface area contributed by atoms with E-state index >= 15 is 0 Å². The van der Waals surface area contributed by atoms with Crippen molar-refractivity contribution in [2.45, 2.75) is 0 Å². The van der Waals surface area contributed by atoms with E-state index in [4.69, 9.17) is 9.47 Å². The lowest BCUT2D eigenvalue weighted by atomic mass is 10.1. The number of hydrogen-bond acceptors (Lipinski definition) is 7. The molecule has 3 aromatic rings. The second kappa shape index (κ2) is 8.68. The van der Waals surface area contributed by atoms with Gasteiger partial charge in [0.05, 0.1) is 26.0 Å². The Labute approximate surface area is 173 Å². The summed E-state index contributed by atoms with van der Waals surface area (Å²) < 4.78 is 10.6. The fourth-order valence-corrected chi connectivity index (χ4v) is 3.31. The van der Waals surface area contributed by atoms with Crippen molar-refractivity contribution in [2.75, 3.05) is 43.6 Å². The van der Waals surface area contributed by atoms with Crippen molar-refractivity contribution in [3.8, 4) is 23.1 Å². The number of rotatable bonds is 5. The average Bonchev–Trinajstić information content (AvgIpc) is 2.80. The molecule has 1 aromatic heterocycles. The van der Waals surface area contributed by atoms with Gasteiger partial charge in [-0.3, -0.25) is 9.78 Å². The first kappa shape index (κ1) is 19.5. The molecule has 1 aliphatic heterocycles. The van der Waals surface area contributed by atoms with Crippen molar-refractivity contribution in [1.29, 1.82) is 5.26 Å². The highest BCUT2D eigenvalue weighted by molar-refractivity contribution is 5.69. The predicted octanol–water partition coefficient (Wildman–Crippen LogP) is 2.90. The maximum absolute atomic E-state index is 12.4. The lowest BCUT2D eigenvalue weighted by Gasteiger charge is -2.28. The number of methoxy groups -OCH3 is 1. The number of benzene rings is 2. The van der Waals surface area contributed by atoms with E-state index in [1.807, 2.05) is 30.3 Å². The summed E-state index contributed by atoms with van der Waals surface area (Å²) in [5, 5.41) is 12.5. The van der Waals surface area contributed by atoms with Crippen LogP contribution in [0.4, 0.5) is 17.3 Å². The molecule has 0 aliphatic carbocycles. The second-order valence-corrected chi connectivity index (χ2v) is 6.75. The quantitative estimate of drug-likeness (QED) is 0.675. The Morgan fingerprint density at radius 1 is 1.13 bits per heavy atom. The van der Waals surface area contributed by atoms with Crippen molar-refractivity contribution in [3.05, 3.63) is 64.4 Å². The Morgan fingerprint density at radius 2 is 1.83 bits per heavy atom. The molecular weight excluding hydrogens is 382 g/mol. The van der Waals surface area contributed by atoms with Crippen molar-refractivity contribution in [1.82, 2.24) is 9.97 Å². The standard InChI is InChI=1S/C22H21N5O3/c1-29-18-8-2-15(3-9-18)20-19(14-23)21(28)26-22(25-20)24-16-4-6-17(7-5-16)27-10-12-30-13-11-27/h2-9H,10-13H2,1H3,(H2,24,25,26,28). The smallest absolute Gasteiger partial charge is 0.270 e. The number of nitriles is 1. The third-order valence-corrected chi connectivity index (χ3v) is 4.90. The maximum Gasteiger partial charge on any atom is 0.270 e. The van der Waals surface area contributed by atoms with Gasteiger partial charge >= 0.3 is 0 Å². The van der Waals surface area contributed by atoms with Gasteiger partial charge in [-0.2, -0.15) is 5.26 Å². The zero-order chi connectivity index (χ0) is 20.9. The Bertz CT molecular complexity index is 1110. The summed E-state index contributed by atoms with van der Waals surface area (Å²) in [6.07, 6.45) is 0. The topological polar surface area (TPSA) is 103 Å². The summed E-state index contributed by atoms with van der Waals surface area (Å²) in [4.78, 5) is 21.8. The van der Waals surface area contributed by atoms with E-state index in [0.29, 0.717) is 17.0 Å². The van der Waals surface area contributed by atoms with E-state index in [9.17, 15) is 10.1 Å².